The summed E-state index contributed by atoms with van der Waals surface area (Å²) in [6.07, 6.45) is 4.45. The molecule has 4 heteroatoms. The van der Waals surface area contributed by atoms with Crippen molar-refractivity contribution in [3.8, 4) is 0 Å². The van der Waals surface area contributed by atoms with Crippen LogP contribution >= 0.6 is 0 Å². The Morgan fingerprint density at radius 2 is 1.80 bits per heavy atom. The third kappa shape index (κ3) is 4.97. The van der Waals surface area contributed by atoms with Gasteiger partial charge in [-0.15, -0.1) is 0 Å². The summed E-state index contributed by atoms with van der Waals surface area (Å²) >= 11 is 0. The number of hydrogen-bond acceptors (Lipinski definition) is 3. The van der Waals surface area contributed by atoms with E-state index in [4.69, 9.17) is 4.74 Å². The molecule has 1 amide bonds. The maximum absolute atomic E-state index is 12.3. The van der Waals surface area contributed by atoms with Gasteiger partial charge >= 0.3 is 6.09 Å². The lowest BCUT2D eigenvalue weighted by molar-refractivity contribution is -0.0328. The Labute approximate surface area is 124 Å². The summed E-state index contributed by atoms with van der Waals surface area (Å²) < 4.78 is 5.83. The first-order chi connectivity index (χ1) is 9.40. The van der Waals surface area contributed by atoms with Gasteiger partial charge in [-0.2, -0.15) is 0 Å². The molecule has 1 aliphatic rings. The molecule has 20 heavy (non-hydrogen) atoms. The van der Waals surface area contributed by atoms with Crippen molar-refractivity contribution in [3.63, 3.8) is 0 Å². The van der Waals surface area contributed by atoms with Crippen LogP contribution in [-0.4, -0.2) is 54.7 Å². The molecule has 0 N–H and O–H groups in total. The smallest absolute Gasteiger partial charge is 0.410 e. The molecule has 1 atom stereocenters. The van der Waals surface area contributed by atoms with E-state index >= 15 is 0 Å². The lowest BCUT2D eigenvalue weighted by Crippen LogP contribution is -2.50. The fraction of sp³-hybridized carbons (Fsp3) is 0.938. The predicted molar refractivity (Wildman–Crippen MR) is 82.9 cm³/mol. The Morgan fingerprint density at radius 1 is 1.20 bits per heavy atom. The molecule has 0 saturated carbocycles. The first-order valence-corrected chi connectivity index (χ1v) is 8.07. The zero-order chi connectivity index (χ0) is 15.2. The van der Waals surface area contributed by atoms with Crippen LogP contribution in [0.15, 0.2) is 0 Å². The van der Waals surface area contributed by atoms with Crippen molar-refractivity contribution in [1.29, 1.82) is 0 Å². The van der Waals surface area contributed by atoms with Crippen LogP contribution in [0.5, 0.6) is 0 Å². The summed E-state index contributed by atoms with van der Waals surface area (Å²) in [5.41, 5.74) is -0.371. The third-order valence-corrected chi connectivity index (χ3v) is 4.49. The van der Waals surface area contributed by atoms with Gasteiger partial charge in [-0.05, 0) is 39.7 Å². The molecule has 1 fully saturated rings. The maximum atomic E-state index is 12.3. The van der Waals surface area contributed by atoms with E-state index in [9.17, 15) is 4.79 Å². The second kappa shape index (κ2) is 7.87. The largest absolute Gasteiger partial charge is 0.443 e. The number of unbranched alkanes of at least 4 members (excludes halogenated alkanes) is 1. The minimum Gasteiger partial charge on any atom is -0.443 e. The Bertz CT molecular complexity index is 297. The van der Waals surface area contributed by atoms with Crippen LogP contribution in [0.2, 0.25) is 0 Å². The minimum absolute atomic E-state index is 0.141. The van der Waals surface area contributed by atoms with Crippen LogP contribution < -0.4 is 0 Å². The van der Waals surface area contributed by atoms with Crippen molar-refractivity contribution in [2.24, 2.45) is 5.92 Å². The molecule has 4 nitrogen and oxygen atoms in total. The van der Waals surface area contributed by atoms with Crippen LogP contribution in [0.3, 0.4) is 0 Å². The fourth-order valence-electron chi connectivity index (χ4n) is 2.86. The SMILES string of the molecule is CCCCC(CC)C(C)(C)OC(=O)N1CCN(C)CC1. The van der Waals surface area contributed by atoms with Crippen LogP contribution in [0, 0.1) is 5.92 Å². The summed E-state index contributed by atoms with van der Waals surface area (Å²) in [6.45, 7) is 11.9. The highest BCUT2D eigenvalue weighted by Gasteiger charge is 2.33. The molecule has 0 spiro atoms. The fourth-order valence-corrected chi connectivity index (χ4v) is 2.86. The monoisotopic (exact) mass is 284 g/mol. The normalized spacial score (nSPS) is 18.9. The number of rotatable bonds is 6. The van der Waals surface area contributed by atoms with Gasteiger partial charge in [0.15, 0.2) is 0 Å². The van der Waals surface area contributed by atoms with Gasteiger partial charge in [0, 0.05) is 26.2 Å². The van der Waals surface area contributed by atoms with Crippen LogP contribution in [0.25, 0.3) is 0 Å². The molecule has 1 aliphatic heterocycles. The summed E-state index contributed by atoms with van der Waals surface area (Å²) in [6, 6.07) is 0. The molecule has 1 unspecified atom stereocenters. The van der Waals surface area contributed by atoms with Gasteiger partial charge in [-0.3, -0.25) is 0 Å². The average molecular weight is 284 g/mol. The average Bonchev–Trinajstić information content (AvgIpc) is 2.39. The van der Waals surface area contributed by atoms with Crippen molar-refractivity contribution < 1.29 is 9.53 Å². The van der Waals surface area contributed by atoms with E-state index in [1.165, 1.54) is 12.8 Å². The van der Waals surface area contributed by atoms with Crippen molar-refractivity contribution in [1.82, 2.24) is 9.80 Å². The first-order valence-electron chi connectivity index (χ1n) is 8.07. The zero-order valence-electron chi connectivity index (χ0n) is 13.9. The standard InChI is InChI=1S/C16H32N2O2/c1-6-8-9-14(7-2)16(3,4)20-15(19)18-12-10-17(5)11-13-18/h14H,6-13H2,1-5H3. The van der Waals surface area contributed by atoms with Gasteiger partial charge in [0.05, 0.1) is 0 Å². The van der Waals surface area contributed by atoms with E-state index in [1.54, 1.807) is 0 Å². The molecule has 0 bridgehead atoms. The first kappa shape index (κ1) is 17.3. The molecule has 0 aliphatic carbocycles. The molecule has 0 aromatic carbocycles. The van der Waals surface area contributed by atoms with E-state index in [-0.39, 0.29) is 11.7 Å². The number of amides is 1. The number of hydrogen-bond donors (Lipinski definition) is 0. The molecule has 1 heterocycles. The topological polar surface area (TPSA) is 32.8 Å². The third-order valence-electron chi connectivity index (χ3n) is 4.49. The zero-order valence-corrected chi connectivity index (χ0v) is 13.9. The second-order valence-corrected chi connectivity index (χ2v) is 6.51. The van der Waals surface area contributed by atoms with Crippen LogP contribution in [0.4, 0.5) is 4.79 Å². The summed E-state index contributed by atoms with van der Waals surface area (Å²) in [5.74, 6) is 0.443. The van der Waals surface area contributed by atoms with Crippen molar-refractivity contribution in [2.75, 3.05) is 33.2 Å². The Morgan fingerprint density at radius 3 is 2.30 bits per heavy atom. The second-order valence-electron chi connectivity index (χ2n) is 6.51. The van der Waals surface area contributed by atoms with Crippen LogP contribution in [-0.2, 0) is 4.74 Å². The molecule has 0 radical (unpaired) electrons. The Hall–Kier alpha value is -0.770. The predicted octanol–water partition coefficient (Wildman–Crippen LogP) is 3.37. The molecular formula is C16H32N2O2. The quantitative estimate of drug-likeness (QED) is 0.749. The molecule has 1 rings (SSSR count). The molecular weight excluding hydrogens is 252 g/mol. The number of nitrogens with zero attached hydrogens (tertiary/aromatic N) is 2. The van der Waals surface area contributed by atoms with Crippen molar-refractivity contribution in [3.05, 3.63) is 0 Å². The lowest BCUT2D eigenvalue weighted by Gasteiger charge is -2.38. The highest BCUT2D eigenvalue weighted by molar-refractivity contribution is 5.68. The summed E-state index contributed by atoms with van der Waals surface area (Å²) in [5, 5.41) is 0. The summed E-state index contributed by atoms with van der Waals surface area (Å²) in [4.78, 5) is 16.4. The molecule has 1 saturated heterocycles. The Kier molecular flexibility index (Phi) is 6.80. The number of carbonyl (C=O) groups is 1. The molecule has 118 valence electrons. The minimum atomic E-state index is -0.371. The van der Waals surface area contributed by atoms with E-state index in [1.807, 2.05) is 4.90 Å². The van der Waals surface area contributed by atoms with Crippen LogP contribution in [0.1, 0.15) is 53.4 Å². The molecule has 0 aromatic heterocycles. The van der Waals surface area contributed by atoms with E-state index in [0.717, 1.165) is 39.0 Å². The van der Waals surface area contributed by atoms with Gasteiger partial charge in [0.1, 0.15) is 5.60 Å². The lowest BCUT2D eigenvalue weighted by atomic mass is 9.84. The number of likely N-dealkylation sites (N-methyl/N-ethyl adjacent to an activating group) is 1. The van der Waals surface area contributed by atoms with E-state index in [2.05, 4.69) is 39.6 Å². The van der Waals surface area contributed by atoms with Gasteiger partial charge in [0.25, 0.3) is 0 Å². The van der Waals surface area contributed by atoms with Crippen molar-refractivity contribution in [2.45, 2.75) is 59.0 Å². The highest BCUT2D eigenvalue weighted by Crippen LogP contribution is 2.29. The van der Waals surface area contributed by atoms with Gasteiger partial charge in [-0.25, -0.2) is 4.79 Å². The number of ether oxygens (including phenoxy) is 1. The van der Waals surface area contributed by atoms with Gasteiger partial charge in [-0.1, -0.05) is 26.7 Å². The highest BCUT2D eigenvalue weighted by atomic mass is 16.6. The maximum Gasteiger partial charge on any atom is 0.410 e. The number of carbonyl (C=O) groups excluding carboxylic acids is 1. The van der Waals surface area contributed by atoms with Crippen molar-refractivity contribution >= 4 is 6.09 Å². The Balaban J connectivity index is 2.52. The summed E-state index contributed by atoms with van der Waals surface area (Å²) in [7, 11) is 2.09. The molecule has 0 aromatic rings. The van der Waals surface area contributed by atoms with Gasteiger partial charge < -0.3 is 14.5 Å². The van der Waals surface area contributed by atoms with E-state index < -0.39 is 0 Å². The number of piperazine rings is 1. The van der Waals surface area contributed by atoms with E-state index in [0.29, 0.717) is 5.92 Å². The van der Waals surface area contributed by atoms with Gasteiger partial charge in [0.2, 0.25) is 0 Å².